The van der Waals surface area contributed by atoms with Crippen molar-refractivity contribution >= 4 is 29.9 Å². The maximum atomic E-state index is 13.8. The molecule has 2 aliphatic heterocycles. The molecule has 1 atom stereocenters. The van der Waals surface area contributed by atoms with E-state index in [1.165, 1.54) is 25.5 Å². The summed E-state index contributed by atoms with van der Waals surface area (Å²) in [6.07, 6.45) is 3.15. The van der Waals surface area contributed by atoms with Crippen LogP contribution in [-0.2, 0) is 17.8 Å². The third-order valence-electron chi connectivity index (χ3n) is 5.07. The lowest BCUT2D eigenvalue weighted by atomic mass is 10.1. The maximum Gasteiger partial charge on any atom is 0.191 e. The molecule has 1 unspecified atom stereocenters. The van der Waals surface area contributed by atoms with Crippen LogP contribution in [0.25, 0.3) is 0 Å². The van der Waals surface area contributed by atoms with Gasteiger partial charge in [0.05, 0.1) is 6.61 Å². The molecule has 1 fully saturated rings. The number of nitrogens with one attached hydrogen (secondary N) is 2. The molecule has 3 rings (SSSR count). The Morgan fingerprint density at radius 3 is 3.00 bits per heavy atom. The molecule has 0 bridgehead atoms. The van der Waals surface area contributed by atoms with Crippen molar-refractivity contribution in [1.82, 2.24) is 15.5 Å². The molecule has 0 aliphatic carbocycles. The van der Waals surface area contributed by atoms with Gasteiger partial charge in [-0.05, 0) is 50.0 Å². The van der Waals surface area contributed by atoms with Gasteiger partial charge in [0, 0.05) is 31.7 Å². The van der Waals surface area contributed by atoms with E-state index in [-0.39, 0.29) is 36.6 Å². The quantitative estimate of drug-likeness (QED) is 0.363. The van der Waals surface area contributed by atoms with E-state index in [0.717, 1.165) is 35.9 Å². The minimum absolute atomic E-state index is 0. The zero-order chi connectivity index (χ0) is 18.4. The van der Waals surface area contributed by atoms with Crippen LogP contribution in [0.5, 0.6) is 5.75 Å². The zero-order valence-corrected chi connectivity index (χ0v) is 18.4. The smallest absolute Gasteiger partial charge is 0.191 e. The van der Waals surface area contributed by atoms with E-state index >= 15 is 0 Å². The predicted molar refractivity (Wildman–Crippen MR) is 115 cm³/mol. The van der Waals surface area contributed by atoms with E-state index in [1.807, 2.05) is 0 Å². The van der Waals surface area contributed by atoms with Gasteiger partial charge in [-0.15, -0.1) is 24.0 Å². The van der Waals surface area contributed by atoms with E-state index in [1.54, 1.807) is 13.1 Å². The summed E-state index contributed by atoms with van der Waals surface area (Å²) in [5.41, 5.74) is 1.63. The van der Waals surface area contributed by atoms with Crippen molar-refractivity contribution in [2.24, 2.45) is 4.99 Å². The number of likely N-dealkylation sites (N-methyl/N-ethyl adjacent to an activating group) is 1. The fourth-order valence-electron chi connectivity index (χ4n) is 3.74. The number of likely N-dealkylation sites (tertiary alicyclic amines) is 1. The fourth-order valence-corrected chi connectivity index (χ4v) is 3.74. The summed E-state index contributed by atoms with van der Waals surface area (Å²) < 4.78 is 24.6. The highest BCUT2D eigenvalue weighted by atomic mass is 127. The van der Waals surface area contributed by atoms with Crippen molar-refractivity contribution in [2.45, 2.75) is 38.8 Å². The topological polar surface area (TPSA) is 58.1 Å². The lowest BCUT2D eigenvalue weighted by Crippen LogP contribution is -2.45. The number of nitrogens with zero attached hydrogens (tertiary/aromatic N) is 2. The Kier molecular flexibility index (Phi) is 9.04. The Balaban J connectivity index is 0.00000261. The zero-order valence-electron chi connectivity index (χ0n) is 16.1. The molecule has 152 valence electrons. The molecule has 0 saturated carbocycles. The van der Waals surface area contributed by atoms with Gasteiger partial charge in [-0.2, -0.15) is 0 Å². The molecular formula is C19H30FIN4O2. The summed E-state index contributed by atoms with van der Waals surface area (Å²) in [6.45, 7) is 6.64. The Hall–Kier alpha value is -1.13. The molecule has 1 saturated heterocycles. The number of ether oxygens (including phenoxy) is 2. The van der Waals surface area contributed by atoms with Gasteiger partial charge in [-0.3, -0.25) is 9.89 Å². The summed E-state index contributed by atoms with van der Waals surface area (Å²) in [5, 5.41) is 6.72. The average Bonchev–Trinajstić information content (AvgIpc) is 3.11. The van der Waals surface area contributed by atoms with Gasteiger partial charge in [-0.25, -0.2) is 4.39 Å². The van der Waals surface area contributed by atoms with E-state index in [4.69, 9.17) is 9.47 Å². The first kappa shape index (κ1) is 22.2. The Bertz CT molecular complexity index is 644. The molecule has 27 heavy (non-hydrogen) atoms. The van der Waals surface area contributed by atoms with Crippen LogP contribution in [0.2, 0.25) is 0 Å². The number of hydrogen-bond donors (Lipinski definition) is 2. The Morgan fingerprint density at radius 2 is 2.22 bits per heavy atom. The van der Waals surface area contributed by atoms with Crippen molar-refractivity contribution in [3.05, 3.63) is 29.1 Å². The number of hydrogen-bond acceptors (Lipinski definition) is 4. The molecule has 1 aromatic rings. The van der Waals surface area contributed by atoms with Gasteiger partial charge in [0.1, 0.15) is 11.6 Å². The molecule has 1 aromatic carbocycles. The van der Waals surface area contributed by atoms with Crippen LogP contribution in [0, 0.1) is 5.82 Å². The van der Waals surface area contributed by atoms with Crippen LogP contribution >= 0.6 is 24.0 Å². The average molecular weight is 492 g/mol. The maximum absolute atomic E-state index is 13.8. The Morgan fingerprint density at radius 1 is 1.37 bits per heavy atom. The van der Waals surface area contributed by atoms with Gasteiger partial charge in [-0.1, -0.05) is 6.92 Å². The SMILES string of the molecule is CCN1CCCC1CNC(=NC)NCCc1cc(F)cc2c1OCOC2.I. The predicted octanol–water partition coefficient (Wildman–Crippen LogP) is 2.50. The molecule has 6 nitrogen and oxygen atoms in total. The molecular weight excluding hydrogens is 462 g/mol. The van der Waals surface area contributed by atoms with Crippen LogP contribution in [0.3, 0.4) is 0 Å². The molecule has 2 N–H and O–H groups in total. The van der Waals surface area contributed by atoms with Crippen LogP contribution < -0.4 is 15.4 Å². The first-order valence-electron chi connectivity index (χ1n) is 9.41. The van der Waals surface area contributed by atoms with Crippen molar-refractivity contribution in [1.29, 1.82) is 0 Å². The van der Waals surface area contributed by atoms with Crippen molar-refractivity contribution in [3.8, 4) is 5.75 Å². The molecule has 0 spiro atoms. The number of guanidine groups is 1. The highest BCUT2D eigenvalue weighted by molar-refractivity contribution is 14.0. The highest BCUT2D eigenvalue weighted by Gasteiger charge is 2.22. The Labute approximate surface area is 177 Å². The second-order valence-corrected chi connectivity index (χ2v) is 6.72. The van der Waals surface area contributed by atoms with Gasteiger partial charge >= 0.3 is 0 Å². The number of benzene rings is 1. The first-order valence-corrected chi connectivity index (χ1v) is 9.41. The molecule has 0 aromatic heterocycles. The molecule has 0 amide bonds. The second kappa shape index (κ2) is 11.0. The summed E-state index contributed by atoms with van der Waals surface area (Å²) in [4.78, 5) is 6.79. The minimum atomic E-state index is -0.253. The normalized spacial score (nSPS) is 19.8. The summed E-state index contributed by atoms with van der Waals surface area (Å²) in [7, 11) is 1.77. The third kappa shape index (κ3) is 5.92. The lowest BCUT2D eigenvalue weighted by molar-refractivity contribution is -0.0172. The van der Waals surface area contributed by atoms with Crippen LogP contribution in [0.1, 0.15) is 30.9 Å². The standard InChI is InChI=1S/C19H29FN4O2.HI/c1-3-24-8-4-5-17(24)11-23-19(21-2)22-7-6-14-9-16(20)10-15-12-25-13-26-18(14)15;/h9-10,17H,3-8,11-13H2,1-2H3,(H2,21,22,23);1H. The van der Waals surface area contributed by atoms with Crippen molar-refractivity contribution < 1.29 is 13.9 Å². The summed E-state index contributed by atoms with van der Waals surface area (Å²) in [5.74, 6) is 1.28. The largest absolute Gasteiger partial charge is 0.467 e. The summed E-state index contributed by atoms with van der Waals surface area (Å²) >= 11 is 0. The molecule has 2 heterocycles. The second-order valence-electron chi connectivity index (χ2n) is 6.72. The monoisotopic (exact) mass is 492 g/mol. The third-order valence-corrected chi connectivity index (χ3v) is 5.07. The van der Waals surface area contributed by atoms with Crippen LogP contribution in [-0.4, -0.2) is 56.9 Å². The summed E-state index contributed by atoms with van der Waals surface area (Å²) in [6, 6.07) is 3.59. The number of halogens is 2. The van der Waals surface area contributed by atoms with Crippen molar-refractivity contribution in [3.63, 3.8) is 0 Å². The van der Waals surface area contributed by atoms with Gasteiger partial charge < -0.3 is 20.1 Å². The minimum Gasteiger partial charge on any atom is -0.467 e. The van der Waals surface area contributed by atoms with E-state index in [2.05, 4.69) is 27.4 Å². The molecule has 2 aliphatic rings. The van der Waals surface area contributed by atoms with E-state index < -0.39 is 0 Å². The van der Waals surface area contributed by atoms with Crippen molar-refractivity contribution in [2.75, 3.05) is 40.0 Å². The van der Waals surface area contributed by atoms with Gasteiger partial charge in [0.2, 0.25) is 0 Å². The number of fused-ring (bicyclic) bond motifs is 1. The number of rotatable bonds is 6. The van der Waals surface area contributed by atoms with Crippen LogP contribution in [0.4, 0.5) is 4.39 Å². The van der Waals surface area contributed by atoms with E-state index in [0.29, 0.717) is 25.6 Å². The van der Waals surface area contributed by atoms with Gasteiger partial charge in [0.15, 0.2) is 12.8 Å². The van der Waals surface area contributed by atoms with Crippen LogP contribution in [0.15, 0.2) is 17.1 Å². The first-order chi connectivity index (χ1) is 12.7. The van der Waals surface area contributed by atoms with Gasteiger partial charge in [0.25, 0.3) is 0 Å². The molecule has 0 radical (unpaired) electrons. The fraction of sp³-hybridized carbons (Fsp3) is 0.632. The van der Waals surface area contributed by atoms with E-state index in [9.17, 15) is 4.39 Å². The lowest BCUT2D eigenvalue weighted by Gasteiger charge is -2.24. The number of aliphatic imine (C=N–C) groups is 1. The molecule has 8 heteroatoms. The highest BCUT2D eigenvalue weighted by Crippen LogP contribution is 2.29.